The quantitative estimate of drug-likeness (QED) is 0.819. The molecule has 0 atom stereocenters. The van der Waals surface area contributed by atoms with E-state index in [4.69, 9.17) is 28.9 Å². The Hall–Kier alpha value is -1.85. The lowest BCUT2D eigenvalue weighted by Gasteiger charge is -2.09. The summed E-state index contributed by atoms with van der Waals surface area (Å²) in [6, 6.07) is 6.04. The highest BCUT2D eigenvalue weighted by molar-refractivity contribution is 6.44. The number of hydrogen-bond donors (Lipinski definition) is 2. The van der Waals surface area contributed by atoms with Crippen molar-refractivity contribution in [2.24, 2.45) is 0 Å². The number of rotatable bonds is 2. The van der Waals surface area contributed by atoms with Crippen LogP contribution in [0, 0.1) is 11.6 Å². The molecule has 20 heavy (non-hydrogen) atoms. The number of carbonyl (C=O) groups is 1. The first-order valence-electron chi connectivity index (χ1n) is 5.40. The predicted octanol–water partition coefficient (Wildman–Crippen LogP) is 4.11. The normalized spacial score (nSPS) is 10.4. The van der Waals surface area contributed by atoms with Crippen LogP contribution in [0.3, 0.4) is 0 Å². The van der Waals surface area contributed by atoms with Crippen LogP contribution < -0.4 is 11.1 Å². The average Bonchev–Trinajstić information content (AvgIpc) is 2.39. The molecule has 0 aromatic heterocycles. The lowest BCUT2D eigenvalue weighted by Crippen LogP contribution is -2.14. The Kier molecular flexibility index (Phi) is 4.11. The molecule has 0 bridgehead atoms. The average molecular weight is 317 g/mol. The van der Waals surface area contributed by atoms with Crippen molar-refractivity contribution in [1.82, 2.24) is 0 Å². The van der Waals surface area contributed by atoms with E-state index < -0.39 is 17.5 Å². The molecule has 0 radical (unpaired) electrons. The zero-order valence-electron chi connectivity index (χ0n) is 9.88. The molecular weight excluding hydrogens is 309 g/mol. The maximum Gasteiger partial charge on any atom is 0.257 e. The van der Waals surface area contributed by atoms with Gasteiger partial charge in [-0.2, -0.15) is 0 Å². The second-order valence-corrected chi connectivity index (χ2v) is 4.69. The van der Waals surface area contributed by atoms with Crippen molar-refractivity contribution in [3.05, 3.63) is 57.6 Å². The van der Waals surface area contributed by atoms with Crippen molar-refractivity contribution in [2.75, 3.05) is 11.1 Å². The van der Waals surface area contributed by atoms with Crippen LogP contribution >= 0.6 is 23.2 Å². The third kappa shape index (κ3) is 2.84. The van der Waals surface area contributed by atoms with Crippen molar-refractivity contribution < 1.29 is 13.6 Å². The molecule has 0 aliphatic rings. The second kappa shape index (κ2) is 5.64. The van der Waals surface area contributed by atoms with Gasteiger partial charge in [0.25, 0.3) is 5.91 Å². The molecule has 0 spiro atoms. The summed E-state index contributed by atoms with van der Waals surface area (Å²) in [7, 11) is 0. The van der Waals surface area contributed by atoms with E-state index in [2.05, 4.69) is 5.32 Å². The highest BCUT2D eigenvalue weighted by Crippen LogP contribution is 2.27. The van der Waals surface area contributed by atoms with Gasteiger partial charge in [-0.3, -0.25) is 4.79 Å². The highest BCUT2D eigenvalue weighted by atomic mass is 35.5. The lowest BCUT2D eigenvalue weighted by atomic mass is 10.2. The summed E-state index contributed by atoms with van der Waals surface area (Å²) in [5.74, 6) is -2.52. The van der Waals surface area contributed by atoms with Crippen LogP contribution in [0.2, 0.25) is 10.0 Å². The first kappa shape index (κ1) is 14.6. The fourth-order valence-electron chi connectivity index (χ4n) is 1.53. The number of nitrogens with two attached hydrogens (primary N) is 1. The molecule has 0 unspecified atom stereocenters. The molecule has 0 aliphatic carbocycles. The molecule has 3 nitrogen and oxygen atoms in total. The molecule has 0 saturated carbocycles. The standard InChI is InChI=1S/C13H8Cl2F2N2O/c14-7-3-1-2-6(12(7)15)13(20)19-11-5-10(18)8(16)4-9(11)17/h1-5H,18H2,(H,19,20). The van der Waals surface area contributed by atoms with E-state index in [9.17, 15) is 13.6 Å². The van der Waals surface area contributed by atoms with Crippen LogP contribution in [-0.4, -0.2) is 5.91 Å². The predicted molar refractivity (Wildman–Crippen MR) is 75.2 cm³/mol. The number of nitrogens with one attached hydrogen (secondary N) is 1. The largest absolute Gasteiger partial charge is 0.396 e. The zero-order chi connectivity index (χ0) is 14.9. The first-order valence-corrected chi connectivity index (χ1v) is 6.15. The Bertz CT molecular complexity index is 692. The monoisotopic (exact) mass is 316 g/mol. The molecule has 2 aromatic carbocycles. The van der Waals surface area contributed by atoms with Gasteiger partial charge in [0, 0.05) is 6.07 Å². The van der Waals surface area contributed by atoms with E-state index in [1.807, 2.05) is 0 Å². The summed E-state index contributed by atoms with van der Waals surface area (Å²) in [5, 5.41) is 2.50. The van der Waals surface area contributed by atoms with Crippen LogP contribution in [0.15, 0.2) is 30.3 Å². The van der Waals surface area contributed by atoms with E-state index in [0.29, 0.717) is 6.07 Å². The Balaban J connectivity index is 2.33. The van der Waals surface area contributed by atoms with Gasteiger partial charge in [-0.25, -0.2) is 8.78 Å². The summed E-state index contributed by atoms with van der Waals surface area (Å²) in [6.45, 7) is 0. The van der Waals surface area contributed by atoms with E-state index in [1.54, 1.807) is 0 Å². The van der Waals surface area contributed by atoms with E-state index in [-0.39, 0.29) is 27.0 Å². The maximum absolute atomic E-state index is 13.5. The van der Waals surface area contributed by atoms with Gasteiger partial charge < -0.3 is 11.1 Å². The number of anilines is 2. The molecule has 0 fully saturated rings. The van der Waals surface area contributed by atoms with Crippen LogP contribution in [0.25, 0.3) is 0 Å². The summed E-state index contributed by atoms with van der Waals surface area (Å²) in [4.78, 5) is 12.0. The van der Waals surface area contributed by atoms with Crippen molar-refractivity contribution >= 4 is 40.5 Å². The van der Waals surface area contributed by atoms with Crippen LogP contribution in [0.5, 0.6) is 0 Å². The minimum atomic E-state index is -0.941. The first-order chi connectivity index (χ1) is 9.40. The van der Waals surface area contributed by atoms with Gasteiger partial charge in [-0.05, 0) is 18.2 Å². The number of hydrogen-bond acceptors (Lipinski definition) is 2. The van der Waals surface area contributed by atoms with Gasteiger partial charge in [0.2, 0.25) is 0 Å². The minimum absolute atomic E-state index is 0.0437. The van der Waals surface area contributed by atoms with Crippen molar-refractivity contribution in [1.29, 1.82) is 0 Å². The van der Waals surface area contributed by atoms with Gasteiger partial charge in [0.15, 0.2) is 0 Å². The van der Waals surface area contributed by atoms with E-state index in [0.717, 1.165) is 6.07 Å². The molecule has 2 rings (SSSR count). The van der Waals surface area contributed by atoms with Gasteiger partial charge in [-0.15, -0.1) is 0 Å². The number of amides is 1. The molecule has 104 valence electrons. The van der Waals surface area contributed by atoms with Crippen molar-refractivity contribution in [2.45, 2.75) is 0 Å². The molecule has 2 aromatic rings. The van der Waals surface area contributed by atoms with Crippen LogP contribution in [0.4, 0.5) is 20.2 Å². The zero-order valence-corrected chi connectivity index (χ0v) is 11.4. The number of halogens is 4. The SMILES string of the molecule is Nc1cc(NC(=O)c2cccc(Cl)c2Cl)c(F)cc1F. The third-order valence-electron chi connectivity index (χ3n) is 2.53. The Labute approximate surface area is 123 Å². The summed E-state index contributed by atoms with van der Waals surface area (Å²) in [5.41, 5.74) is 4.86. The van der Waals surface area contributed by atoms with Crippen LogP contribution in [-0.2, 0) is 0 Å². The highest BCUT2D eigenvalue weighted by Gasteiger charge is 2.15. The summed E-state index contributed by atoms with van der Waals surface area (Å²) < 4.78 is 26.5. The Morgan fingerprint density at radius 2 is 1.85 bits per heavy atom. The van der Waals surface area contributed by atoms with Gasteiger partial charge in [0.1, 0.15) is 11.6 Å². The summed E-state index contributed by atoms with van der Waals surface area (Å²) in [6.07, 6.45) is 0. The fraction of sp³-hybridized carbons (Fsp3) is 0. The number of carbonyl (C=O) groups excluding carboxylic acids is 1. The van der Waals surface area contributed by atoms with Gasteiger partial charge >= 0.3 is 0 Å². The minimum Gasteiger partial charge on any atom is -0.396 e. The second-order valence-electron chi connectivity index (χ2n) is 3.91. The molecule has 0 aliphatic heterocycles. The number of benzene rings is 2. The smallest absolute Gasteiger partial charge is 0.257 e. The van der Waals surface area contributed by atoms with Gasteiger partial charge in [0.05, 0.1) is 27.0 Å². The van der Waals surface area contributed by atoms with Crippen LogP contribution in [0.1, 0.15) is 10.4 Å². The topological polar surface area (TPSA) is 55.1 Å². The molecule has 3 N–H and O–H groups in total. The van der Waals surface area contributed by atoms with E-state index >= 15 is 0 Å². The molecular formula is C13H8Cl2F2N2O. The summed E-state index contributed by atoms with van der Waals surface area (Å²) >= 11 is 11.7. The molecule has 1 amide bonds. The Morgan fingerprint density at radius 1 is 1.15 bits per heavy atom. The molecule has 7 heteroatoms. The number of nitrogen functional groups attached to an aromatic ring is 1. The maximum atomic E-state index is 13.5. The lowest BCUT2D eigenvalue weighted by molar-refractivity contribution is 0.102. The Morgan fingerprint density at radius 3 is 2.55 bits per heavy atom. The fourth-order valence-corrected chi connectivity index (χ4v) is 1.92. The van der Waals surface area contributed by atoms with Crippen molar-refractivity contribution in [3.63, 3.8) is 0 Å². The molecule has 0 saturated heterocycles. The van der Waals surface area contributed by atoms with Gasteiger partial charge in [-0.1, -0.05) is 29.3 Å². The molecule has 0 heterocycles. The van der Waals surface area contributed by atoms with E-state index in [1.165, 1.54) is 18.2 Å². The van der Waals surface area contributed by atoms with Crippen molar-refractivity contribution in [3.8, 4) is 0 Å². The third-order valence-corrected chi connectivity index (χ3v) is 3.35.